The van der Waals surface area contributed by atoms with Crippen molar-refractivity contribution in [3.05, 3.63) is 71.3 Å². The summed E-state index contributed by atoms with van der Waals surface area (Å²) >= 11 is 0. The second-order valence-electron chi connectivity index (χ2n) is 9.16. The van der Waals surface area contributed by atoms with E-state index >= 15 is 0 Å². The normalized spacial score (nSPS) is 15.5. The van der Waals surface area contributed by atoms with Crippen LogP contribution < -0.4 is 10.6 Å². The van der Waals surface area contributed by atoms with E-state index in [-0.39, 0.29) is 35.1 Å². The van der Waals surface area contributed by atoms with Crippen molar-refractivity contribution >= 4 is 17.7 Å². The number of nitrogens with one attached hydrogen (secondary N) is 2. The van der Waals surface area contributed by atoms with E-state index in [1.165, 1.54) is 12.1 Å². The first-order chi connectivity index (χ1) is 16.6. The molecule has 1 saturated heterocycles. The minimum atomic E-state index is -4.46. The van der Waals surface area contributed by atoms with Crippen LogP contribution in [0, 0.1) is 11.8 Å². The lowest BCUT2D eigenvalue weighted by molar-refractivity contribution is -0.137. The fourth-order valence-corrected chi connectivity index (χ4v) is 4.05. The molecule has 0 unspecified atom stereocenters. The highest BCUT2D eigenvalue weighted by Crippen LogP contribution is 2.29. The van der Waals surface area contributed by atoms with Gasteiger partial charge in [0.1, 0.15) is 6.04 Å². The molecule has 9 heteroatoms. The molecule has 1 fully saturated rings. The molecule has 0 radical (unpaired) electrons. The minimum Gasteiger partial charge on any atom is -0.354 e. The first-order valence-corrected chi connectivity index (χ1v) is 11.7. The Kier molecular flexibility index (Phi) is 8.53. The third kappa shape index (κ3) is 7.07. The van der Waals surface area contributed by atoms with Gasteiger partial charge in [0.2, 0.25) is 5.91 Å². The number of piperidine rings is 1. The van der Waals surface area contributed by atoms with Crippen LogP contribution in [0.15, 0.2) is 54.6 Å². The second-order valence-corrected chi connectivity index (χ2v) is 9.16. The van der Waals surface area contributed by atoms with E-state index in [0.717, 1.165) is 12.1 Å². The van der Waals surface area contributed by atoms with Crippen molar-refractivity contribution in [2.45, 2.75) is 38.9 Å². The van der Waals surface area contributed by atoms with Crippen LogP contribution >= 0.6 is 0 Å². The molecule has 35 heavy (non-hydrogen) atoms. The maximum Gasteiger partial charge on any atom is 0.416 e. The molecule has 1 aliphatic heterocycles. The summed E-state index contributed by atoms with van der Waals surface area (Å²) in [7, 11) is 0. The molecule has 2 N–H and O–H groups in total. The zero-order valence-electron chi connectivity index (χ0n) is 19.8. The van der Waals surface area contributed by atoms with Gasteiger partial charge < -0.3 is 15.5 Å². The first-order valence-electron chi connectivity index (χ1n) is 11.7. The maximum atomic E-state index is 13.0. The molecule has 0 spiro atoms. The smallest absolute Gasteiger partial charge is 0.354 e. The number of alkyl halides is 3. The van der Waals surface area contributed by atoms with Crippen LogP contribution in [-0.4, -0.2) is 48.3 Å². The Balaban J connectivity index is 1.66. The number of hydrogen-bond acceptors (Lipinski definition) is 3. The fraction of sp³-hybridized carbons (Fsp3) is 0.423. The number of hydrogen-bond donors (Lipinski definition) is 2. The molecule has 0 aliphatic carbocycles. The van der Waals surface area contributed by atoms with Gasteiger partial charge in [-0.2, -0.15) is 13.2 Å². The van der Waals surface area contributed by atoms with Crippen LogP contribution in [0.25, 0.3) is 0 Å². The Bertz CT molecular complexity index is 1020. The monoisotopic (exact) mass is 489 g/mol. The third-order valence-electron chi connectivity index (χ3n) is 6.05. The van der Waals surface area contributed by atoms with Gasteiger partial charge in [0.15, 0.2) is 0 Å². The molecule has 0 saturated carbocycles. The number of carbonyl (C=O) groups is 3. The average Bonchev–Trinajstić information content (AvgIpc) is 2.85. The van der Waals surface area contributed by atoms with Gasteiger partial charge in [0, 0.05) is 30.8 Å². The molecule has 2 aromatic rings. The SMILES string of the molecule is CC(C)CNC(=O)[C@H](NC(=O)c1ccccc1)C1CCN(C(=O)c2ccc(C(F)(F)F)cc2)CC1. The second kappa shape index (κ2) is 11.4. The van der Waals surface area contributed by atoms with Crippen molar-refractivity contribution in [1.29, 1.82) is 0 Å². The molecule has 6 nitrogen and oxygen atoms in total. The highest BCUT2D eigenvalue weighted by atomic mass is 19.4. The molecule has 1 aliphatic rings. The average molecular weight is 490 g/mol. The van der Waals surface area contributed by atoms with E-state index in [0.29, 0.717) is 38.0 Å². The molecular formula is C26H30F3N3O3. The van der Waals surface area contributed by atoms with Crippen molar-refractivity contribution in [3.63, 3.8) is 0 Å². The van der Waals surface area contributed by atoms with Crippen molar-refractivity contribution in [1.82, 2.24) is 15.5 Å². The van der Waals surface area contributed by atoms with E-state index in [2.05, 4.69) is 10.6 Å². The Morgan fingerprint density at radius 1 is 0.943 bits per heavy atom. The Morgan fingerprint density at radius 3 is 2.09 bits per heavy atom. The van der Waals surface area contributed by atoms with Gasteiger partial charge in [-0.25, -0.2) is 0 Å². The number of amides is 3. The molecule has 2 aromatic carbocycles. The van der Waals surface area contributed by atoms with Crippen LogP contribution in [0.1, 0.15) is 53.0 Å². The molecular weight excluding hydrogens is 459 g/mol. The first kappa shape index (κ1) is 26.2. The van der Waals surface area contributed by atoms with Gasteiger partial charge >= 0.3 is 6.18 Å². The lowest BCUT2D eigenvalue weighted by Crippen LogP contribution is -2.54. The van der Waals surface area contributed by atoms with Crippen LogP contribution in [0.2, 0.25) is 0 Å². The van der Waals surface area contributed by atoms with Crippen LogP contribution in [0.4, 0.5) is 13.2 Å². The lowest BCUT2D eigenvalue weighted by atomic mass is 9.88. The highest BCUT2D eigenvalue weighted by Gasteiger charge is 2.35. The van der Waals surface area contributed by atoms with Gasteiger partial charge in [-0.3, -0.25) is 14.4 Å². The fourth-order valence-electron chi connectivity index (χ4n) is 4.05. The van der Waals surface area contributed by atoms with Crippen LogP contribution in [0.3, 0.4) is 0 Å². The molecule has 188 valence electrons. The number of nitrogens with zero attached hydrogens (tertiary/aromatic N) is 1. The van der Waals surface area contributed by atoms with Crippen molar-refractivity contribution < 1.29 is 27.6 Å². The summed E-state index contributed by atoms with van der Waals surface area (Å²) in [6, 6.07) is 12.0. The van der Waals surface area contributed by atoms with Gasteiger partial charge in [-0.1, -0.05) is 32.0 Å². The Morgan fingerprint density at radius 2 is 1.54 bits per heavy atom. The molecule has 3 amide bonds. The van der Waals surface area contributed by atoms with Crippen LogP contribution in [-0.2, 0) is 11.0 Å². The topological polar surface area (TPSA) is 78.5 Å². The maximum absolute atomic E-state index is 13.0. The summed E-state index contributed by atoms with van der Waals surface area (Å²) in [6.07, 6.45) is -3.52. The standard InChI is InChI=1S/C26H30F3N3O3/c1-17(2)16-30-24(34)22(31-23(33)19-6-4-3-5-7-19)18-12-14-32(15-13-18)25(35)20-8-10-21(11-9-20)26(27,28)29/h3-11,17-18,22H,12-16H2,1-2H3,(H,30,34)(H,31,33)/t22-/m1/s1. The number of rotatable bonds is 7. The highest BCUT2D eigenvalue weighted by molar-refractivity contribution is 5.97. The molecule has 0 bridgehead atoms. The molecule has 0 aromatic heterocycles. The summed E-state index contributed by atoms with van der Waals surface area (Å²) in [4.78, 5) is 40.1. The third-order valence-corrected chi connectivity index (χ3v) is 6.05. The van der Waals surface area contributed by atoms with Crippen molar-refractivity contribution in [2.24, 2.45) is 11.8 Å². The number of carbonyl (C=O) groups excluding carboxylic acids is 3. The predicted octanol–water partition coefficient (Wildman–Crippen LogP) is 4.13. The van der Waals surface area contributed by atoms with E-state index in [1.54, 1.807) is 35.2 Å². The summed E-state index contributed by atoms with van der Waals surface area (Å²) in [5.74, 6) is -0.917. The largest absolute Gasteiger partial charge is 0.416 e. The van der Waals surface area contributed by atoms with Gasteiger partial charge in [0.25, 0.3) is 11.8 Å². The van der Waals surface area contributed by atoms with E-state index in [4.69, 9.17) is 0 Å². The predicted molar refractivity (Wildman–Crippen MR) is 126 cm³/mol. The molecule has 1 atom stereocenters. The van der Waals surface area contributed by atoms with Crippen molar-refractivity contribution in [2.75, 3.05) is 19.6 Å². The van der Waals surface area contributed by atoms with Crippen LogP contribution in [0.5, 0.6) is 0 Å². The summed E-state index contributed by atoms with van der Waals surface area (Å²) in [5.41, 5.74) is -0.179. The lowest BCUT2D eigenvalue weighted by Gasteiger charge is -2.36. The van der Waals surface area contributed by atoms with E-state index < -0.39 is 17.8 Å². The summed E-state index contributed by atoms with van der Waals surface area (Å²) in [6.45, 7) is 5.09. The number of benzene rings is 2. The number of halogens is 3. The van der Waals surface area contributed by atoms with Gasteiger partial charge in [0.05, 0.1) is 5.56 Å². The Labute approximate surface area is 202 Å². The van der Waals surface area contributed by atoms with Gasteiger partial charge in [-0.15, -0.1) is 0 Å². The molecule has 3 rings (SSSR count). The summed E-state index contributed by atoms with van der Waals surface area (Å²) in [5, 5.41) is 5.75. The molecule has 1 heterocycles. The minimum absolute atomic E-state index is 0.181. The zero-order chi connectivity index (χ0) is 25.6. The summed E-state index contributed by atoms with van der Waals surface area (Å²) < 4.78 is 38.4. The van der Waals surface area contributed by atoms with Gasteiger partial charge in [-0.05, 0) is 61.1 Å². The van der Waals surface area contributed by atoms with E-state index in [9.17, 15) is 27.6 Å². The Hall–Kier alpha value is -3.36. The quantitative estimate of drug-likeness (QED) is 0.614. The van der Waals surface area contributed by atoms with Crippen molar-refractivity contribution in [3.8, 4) is 0 Å². The van der Waals surface area contributed by atoms with E-state index in [1.807, 2.05) is 13.8 Å². The zero-order valence-corrected chi connectivity index (χ0v) is 19.8. The number of likely N-dealkylation sites (tertiary alicyclic amines) is 1.